The average molecular weight is 333 g/mol. The van der Waals surface area contributed by atoms with E-state index in [0.29, 0.717) is 19.4 Å². The molecule has 0 saturated carbocycles. The normalized spacial score (nSPS) is 17.1. The van der Waals surface area contributed by atoms with Gasteiger partial charge in [0.15, 0.2) is 0 Å². The summed E-state index contributed by atoms with van der Waals surface area (Å²) in [5.41, 5.74) is 0.317. The third-order valence-electron chi connectivity index (χ3n) is 3.98. The largest absolute Gasteiger partial charge is 0.470 e. The first-order valence-corrected chi connectivity index (χ1v) is 7.80. The summed E-state index contributed by atoms with van der Waals surface area (Å²) < 4.78 is 33.4. The maximum absolute atomic E-state index is 14.1. The standard InChI is InChI=1S/C17H17F2N3O2/c1-2-14-15(19)16(21-10-20-14)24-11-7-8-22(9-11)17(23)12-5-3-4-6-13(12)18/h3-6,10-11H,2,7-9H2,1H3/t11-/m1/s1. The highest BCUT2D eigenvalue weighted by molar-refractivity contribution is 5.94. The van der Waals surface area contributed by atoms with Crippen molar-refractivity contribution in [1.29, 1.82) is 0 Å². The SMILES string of the molecule is CCc1ncnc(O[C@@H]2CCN(C(=O)c3ccccc3F)C2)c1F. The number of likely N-dealkylation sites (tertiary alicyclic amines) is 1. The van der Waals surface area contributed by atoms with Crippen molar-refractivity contribution in [2.24, 2.45) is 0 Å². The Bertz CT molecular complexity index is 754. The van der Waals surface area contributed by atoms with Crippen LogP contribution in [-0.4, -0.2) is 40.0 Å². The first kappa shape index (κ1) is 16.3. The third-order valence-corrected chi connectivity index (χ3v) is 3.98. The highest BCUT2D eigenvalue weighted by Gasteiger charge is 2.30. The van der Waals surface area contributed by atoms with Gasteiger partial charge >= 0.3 is 0 Å². The lowest BCUT2D eigenvalue weighted by molar-refractivity contribution is 0.0765. The predicted molar refractivity (Wildman–Crippen MR) is 82.7 cm³/mol. The molecule has 1 fully saturated rings. The summed E-state index contributed by atoms with van der Waals surface area (Å²) in [6, 6.07) is 5.84. The van der Waals surface area contributed by atoms with Crippen LogP contribution in [0.25, 0.3) is 0 Å². The second-order valence-electron chi connectivity index (χ2n) is 5.55. The quantitative estimate of drug-likeness (QED) is 0.863. The molecular formula is C17H17F2N3O2. The number of aromatic nitrogens is 2. The first-order chi connectivity index (χ1) is 11.6. The third kappa shape index (κ3) is 3.20. The fraction of sp³-hybridized carbons (Fsp3) is 0.353. The zero-order chi connectivity index (χ0) is 17.1. The summed E-state index contributed by atoms with van der Waals surface area (Å²) in [7, 11) is 0. The van der Waals surface area contributed by atoms with Gasteiger partial charge in [-0.15, -0.1) is 0 Å². The average Bonchev–Trinajstić information content (AvgIpc) is 3.05. The lowest BCUT2D eigenvalue weighted by atomic mass is 10.2. The molecule has 0 radical (unpaired) electrons. The number of nitrogens with zero attached hydrogens (tertiary/aromatic N) is 3. The van der Waals surface area contributed by atoms with Crippen molar-refractivity contribution in [2.45, 2.75) is 25.9 Å². The minimum atomic E-state index is -0.570. The van der Waals surface area contributed by atoms with E-state index in [0.717, 1.165) is 0 Å². The zero-order valence-electron chi connectivity index (χ0n) is 13.2. The van der Waals surface area contributed by atoms with E-state index in [4.69, 9.17) is 4.74 Å². The Labute approximate surface area is 138 Å². The molecule has 1 saturated heterocycles. The summed E-state index contributed by atoms with van der Waals surface area (Å²) in [4.78, 5) is 21.5. The molecule has 0 spiro atoms. The molecule has 126 valence electrons. The van der Waals surface area contributed by atoms with Crippen LogP contribution < -0.4 is 4.74 Å². The molecule has 1 aliphatic heterocycles. The van der Waals surface area contributed by atoms with Crippen molar-refractivity contribution >= 4 is 5.91 Å². The number of amides is 1. The van der Waals surface area contributed by atoms with Crippen molar-refractivity contribution in [3.63, 3.8) is 0 Å². The molecule has 7 heteroatoms. The van der Waals surface area contributed by atoms with Crippen LogP contribution in [-0.2, 0) is 6.42 Å². The molecule has 2 heterocycles. The Balaban J connectivity index is 1.68. The van der Waals surface area contributed by atoms with Gasteiger partial charge in [-0.05, 0) is 18.6 Å². The summed E-state index contributed by atoms with van der Waals surface area (Å²) >= 11 is 0. The first-order valence-electron chi connectivity index (χ1n) is 7.80. The Hall–Kier alpha value is -2.57. The molecule has 2 aromatic rings. The van der Waals surface area contributed by atoms with Crippen molar-refractivity contribution in [3.05, 3.63) is 53.5 Å². The Morgan fingerprint density at radius 1 is 1.33 bits per heavy atom. The molecule has 1 aliphatic rings. The van der Waals surface area contributed by atoms with Crippen LogP contribution in [0.2, 0.25) is 0 Å². The van der Waals surface area contributed by atoms with E-state index < -0.39 is 17.5 Å². The molecule has 24 heavy (non-hydrogen) atoms. The molecule has 3 rings (SSSR count). The van der Waals surface area contributed by atoms with Crippen LogP contribution in [0.15, 0.2) is 30.6 Å². The number of halogens is 2. The molecule has 0 N–H and O–H groups in total. The van der Waals surface area contributed by atoms with E-state index in [9.17, 15) is 13.6 Å². The number of hydrogen-bond acceptors (Lipinski definition) is 4. The maximum atomic E-state index is 14.1. The minimum Gasteiger partial charge on any atom is -0.470 e. The van der Waals surface area contributed by atoms with Gasteiger partial charge in [0, 0.05) is 13.0 Å². The molecule has 5 nitrogen and oxygen atoms in total. The van der Waals surface area contributed by atoms with Crippen LogP contribution in [0.1, 0.15) is 29.4 Å². The fourth-order valence-electron chi connectivity index (χ4n) is 2.69. The van der Waals surface area contributed by atoms with Gasteiger partial charge in [0.2, 0.25) is 5.82 Å². The van der Waals surface area contributed by atoms with E-state index in [-0.39, 0.29) is 29.8 Å². The summed E-state index contributed by atoms with van der Waals surface area (Å²) in [5.74, 6) is -1.62. The van der Waals surface area contributed by atoms with Gasteiger partial charge in [0.25, 0.3) is 11.8 Å². The molecule has 0 bridgehead atoms. The van der Waals surface area contributed by atoms with Crippen LogP contribution in [0.5, 0.6) is 5.88 Å². The molecule has 1 amide bonds. The highest BCUT2D eigenvalue weighted by atomic mass is 19.1. The number of hydrogen-bond donors (Lipinski definition) is 0. The number of rotatable bonds is 4. The minimum absolute atomic E-state index is 0.0274. The van der Waals surface area contributed by atoms with Gasteiger partial charge in [-0.25, -0.2) is 9.37 Å². The van der Waals surface area contributed by atoms with Gasteiger partial charge in [-0.3, -0.25) is 4.79 Å². The number of benzene rings is 1. The fourth-order valence-corrected chi connectivity index (χ4v) is 2.69. The molecule has 1 aromatic heterocycles. The Kier molecular flexibility index (Phi) is 4.69. The number of aryl methyl sites for hydroxylation is 1. The van der Waals surface area contributed by atoms with Crippen molar-refractivity contribution in [1.82, 2.24) is 14.9 Å². The van der Waals surface area contributed by atoms with Crippen molar-refractivity contribution < 1.29 is 18.3 Å². The lowest BCUT2D eigenvalue weighted by Crippen LogP contribution is -2.31. The number of carbonyl (C=O) groups excluding carboxylic acids is 1. The van der Waals surface area contributed by atoms with E-state index >= 15 is 0 Å². The van der Waals surface area contributed by atoms with Crippen molar-refractivity contribution in [2.75, 3.05) is 13.1 Å². The van der Waals surface area contributed by atoms with Gasteiger partial charge in [0.1, 0.15) is 18.2 Å². The zero-order valence-corrected chi connectivity index (χ0v) is 13.2. The lowest BCUT2D eigenvalue weighted by Gasteiger charge is -2.17. The molecule has 0 aliphatic carbocycles. The maximum Gasteiger partial charge on any atom is 0.256 e. The van der Waals surface area contributed by atoms with Crippen LogP contribution in [0.3, 0.4) is 0 Å². The van der Waals surface area contributed by atoms with Gasteiger partial charge in [0.05, 0.1) is 17.8 Å². The van der Waals surface area contributed by atoms with E-state index in [2.05, 4.69) is 9.97 Å². The van der Waals surface area contributed by atoms with E-state index in [1.54, 1.807) is 13.0 Å². The van der Waals surface area contributed by atoms with Gasteiger partial charge in [-0.2, -0.15) is 9.37 Å². The second kappa shape index (κ2) is 6.90. The number of carbonyl (C=O) groups is 1. The topological polar surface area (TPSA) is 55.3 Å². The molecule has 1 aromatic carbocycles. The van der Waals surface area contributed by atoms with Crippen LogP contribution in [0.4, 0.5) is 8.78 Å². The highest BCUT2D eigenvalue weighted by Crippen LogP contribution is 2.22. The smallest absolute Gasteiger partial charge is 0.256 e. The van der Waals surface area contributed by atoms with Crippen LogP contribution >= 0.6 is 0 Å². The molecule has 0 unspecified atom stereocenters. The van der Waals surface area contributed by atoms with E-state index in [1.807, 2.05) is 0 Å². The Morgan fingerprint density at radius 2 is 2.12 bits per heavy atom. The monoisotopic (exact) mass is 333 g/mol. The van der Waals surface area contributed by atoms with Crippen molar-refractivity contribution in [3.8, 4) is 5.88 Å². The molecular weight excluding hydrogens is 316 g/mol. The summed E-state index contributed by atoms with van der Waals surface area (Å²) in [6.45, 7) is 2.48. The van der Waals surface area contributed by atoms with Gasteiger partial charge < -0.3 is 9.64 Å². The predicted octanol–water partition coefficient (Wildman–Crippen LogP) is 2.61. The Morgan fingerprint density at radius 3 is 2.88 bits per heavy atom. The summed E-state index contributed by atoms with van der Waals surface area (Å²) in [6.07, 6.45) is 1.85. The molecule has 1 atom stereocenters. The van der Waals surface area contributed by atoms with Gasteiger partial charge in [-0.1, -0.05) is 19.1 Å². The second-order valence-corrected chi connectivity index (χ2v) is 5.55. The summed E-state index contributed by atoms with van der Waals surface area (Å²) in [5, 5.41) is 0. The number of ether oxygens (including phenoxy) is 1. The van der Waals surface area contributed by atoms with E-state index in [1.165, 1.54) is 29.4 Å². The van der Waals surface area contributed by atoms with Crippen LogP contribution in [0, 0.1) is 11.6 Å².